The lowest BCUT2D eigenvalue weighted by atomic mass is 10.2. The third kappa shape index (κ3) is 2.99. The predicted molar refractivity (Wildman–Crippen MR) is 60.1 cm³/mol. The molecule has 0 aliphatic heterocycles. The predicted octanol–water partition coefficient (Wildman–Crippen LogP) is 2.46. The third-order valence-corrected chi connectivity index (χ3v) is 2.19. The number of nitro groups is 1. The maximum Gasteiger partial charge on any atom is 0.306 e. The van der Waals surface area contributed by atoms with Crippen molar-refractivity contribution in [3.05, 3.63) is 34.1 Å². The van der Waals surface area contributed by atoms with Gasteiger partial charge in [-0.2, -0.15) is 4.39 Å². The van der Waals surface area contributed by atoms with Gasteiger partial charge in [-0.3, -0.25) is 14.9 Å². The van der Waals surface area contributed by atoms with Crippen LogP contribution in [0.4, 0.5) is 15.8 Å². The van der Waals surface area contributed by atoms with Crippen molar-refractivity contribution in [1.29, 1.82) is 0 Å². The van der Waals surface area contributed by atoms with Gasteiger partial charge < -0.3 is 5.32 Å². The highest BCUT2D eigenvalue weighted by Gasteiger charge is 2.16. The van der Waals surface area contributed by atoms with Gasteiger partial charge in [0.15, 0.2) is 0 Å². The van der Waals surface area contributed by atoms with Crippen LogP contribution >= 0.6 is 15.9 Å². The lowest BCUT2D eigenvalue weighted by molar-refractivity contribution is -0.387. The highest BCUT2D eigenvalue weighted by molar-refractivity contribution is 9.10. The Bertz CT molecular complexity index is 437. The first-order valence-corrected chi connectivity index (χ1v) is 5.22. The molecule has 7 heteroatoms. The average Bonchev–Trinajstić information content (AvgIpc) is 2.20. The summed E-state index contributed by atoms with van der Waals surface area (Å²) in [5.41, 5.74) is -0.482. The molecule has 86 valence electrons. The van der Waals surface area contributed by atoms with E-state index in [0.717, 1.165) is 12.1 Å². The van der Waals surface area contributed by atoms with E-state index in [1.807, 2.05) is 0 Å². The number of alkyl halides is 1. The summed E-state index contributed by atoms with van der Waals surface area (Å²) in [7, 11) is 0. The van der Waals surface area contributed by atoms with E-state index >= 15 is 0 Å². The van der Waals surface area contributed by atoms with E-state index in [0.29, 0.717) is 0 Å². The van der Waals surface area contributed by atoms with Gasteiger partial charge in [-0.25, -0.2) is 0 Å². The third-order valence-electron chi connectivity index (χ3n) is 1.77. The Hall–Kier alpha value is -1.50. The zero-order valence-electron chi connectivity index (χ0n) is 8.24. The quantitative estimate of drug-likeness (QED) is 0.528. The minimum Gasteiger partial charge on any atom is -0.325 e. The molecule has 0 aliphatic carbocycles. The molecule has 0 saturated heterocycles. The molecule has 1 rings (SSSR count). The van der Waals surface area contributed by atoms with Crippen LogP contribution in [-0.4, -0.2) is 15.7 Å². The largest absolute Gasteiger partial charge is 0.325 e. The number of hydrogen-bond donors (Lipinski definition) is 1. The molecule has 1 unspecified atom stereocenters. The number of carbonyl (C=O) groups is 1. The SMILES string of the molecule is CC(Br)C(=O)Nc1ccc(F)c([N+](=O)[O-])c1. The van der Waals surface area contributed by atoms with Crippen molar-refractivity contribution < 1.29 is 14.1 Å². The highest BCUT2D eigenvalue weighted by Crippen LogP contribution is 2.21. The number of halogens is 2. The summed E-state index contributed by atoms with van der Waals surface area (Å²) < 4.78 is 13.0. The van der Waals surface area contributed by atoms with Crippen LogP contribution in [0.3, 0.4) is 0 Å². The number of nitrogens with zero attached hydrogens (tertiary/aromatic N) is 1. The van der Waals surface area contributed by atoms with Crippen molar-refractivity contribution in [2.24, 2.45) is 0 Å². The second kappa shape index (κ2) is 5.02. The van der Waals surface area contributed by atoms with Gasteiger partial charge >= 0.3 is 5.69 Å². The van der Waals surface area contributed by atoms with E-state index in [-0.39, 0.29) is 11.6 Å². The highest BCUT2D eigenvalue weighted by atomic mass is 79.9. The summed E-state index contributed by atoms with van der Waals surface area (Å²) in [6.07, 6.45) is 0. The van der Waals surface area contributed by atoms with Gasteiger partial charge in [-0.1, -0.05) is 15.9 Å². The van der Waals surface area contributed by atoms with Gasteiger partial charge in [0.25, 0.3) is 0 Å². The van der Waals surface area contributed by atoms with Crippen LogP contribution in [0.25, 0.3) is 0 Å². The molecule has 0 heterocycles. The Labute approximate surface area is 98.9 Å². The fourth-order valence-corrected chi connectivity index (χ4v) is 1.09. The molecule has 0 aliphatic rings. The number of carbonyl (C=O) groups excluding carboxylic acids is 1. The van der Waals surface area contributed by atoms with Gasteiger partial charge in [-0.05, 0) is 19.1 Å². The Morgan fingerprint density at radius 3 is 2.75 bits per heavy atom. The Morgan fingerprint density at radius 2 is 2.25 bits per heavy atom. The molecular weight excluding hydrogens is 283 g/mol. The number of anilines is 1. The summed E-state index contributed by atoms with van der Waals surface area (Å²) in [6, 6.07) is 3.17. The van der Waals surface area contributed by atoms with Crippen molar-refractivity contribution in [3.63, 3.8) is 0 Å². The smallest absolute Gasteiger partial charge is 0.306 e. The molecule has 1 aromatic rings. The van der Waals surface area contributed by atoms with E-state index in [2.05, 4.69) is 21.2 Å². The second-order valence-electron chi connectivity index (χ2n) is 3.03. The number of nitro benzene ring substituents is 1. The molecule has 0 aromatic heterocycles. The molecule has 0 bridgehead atoms. The van der Waals surface area contributed by atoms with Gasteiger partial charge in [-0.15, -0.1) is 0 Å². The van der Waals surface area contributed by atoms with Crippen LogP contribution in [0.15, 0.2) is 18.2 Å². The molecule has 16 heavy (non-hydrogen) atoms. The number of hydrogen-bond acceptors (Lipinski definition) is 3. The van der Waals surface area contributed by atoms with Crippen LogP contribution in [-0.2, 0) is 4.79 Å². The van der Waals surface area contributed by atoms with Crippen LogP contribution in [0, 0.1) is 15.9 Å². The Balaban J connectivity index is 2.95. The first-order valence-electron chi connectivity index (χ1n) is 4.30. The number of rotatable bonds is 3. The van der Waals surface area contributed by atoms with Crippen molar-refractivity contribution in [1.82, 2.24) is 0 Å². The van der Waals surface area contributed by atoms with Crippen LogP contribution in [0.2, 0.25) is 0 Å². The lowest BCUT2D eigenvalue weighted by Gasteiger charge is -2.06. The maximum absolute atomic E-state index is 13.0. The molecule has 0 spiro atoms. The zero-order chi connectivity index (χ0) is 12.3. The summed E-state index contributed by atoms with van der Waals surface area (Å²) in [6.45, 7) is 1.60. The summed E-state index contributed by atoms with van der Waals surface area (Å²) >= 11 is 3.04. The number of nitrogens with one attached hydrogen (secondary N) is 1. The first kappa shape index (κ1) is 12.6. The van der Waals surface area contributed by atoms with E-state index < -0.39 is 21.3 Å². The van der Waals surface area contributed by atoms with Gasteiger partial charge in [0, 0.05) is 11.8 Å². The van der Waals surface area contributed by atoms with E-state index in [1.54, 1.807) is 6.92 Å². The standard InChI is InChI=1S/C9H8BrFN2O3/c1-5(10)9(14)12-6-2-3-7(11)8(4-6)13(15)16/h2-5H,1H3,(H,12,14). The van der Waals surface area contributed by atoms with Crippen LogP contribution < -0.4 is 5.32 Å². The minimum atomic E-state index is -0.935. The van der Waals surface area contributed by atoms with Crippen molar-refractivity contribution in [2.75, 3.05) is 5.32 Å². The molecule has 1 atom stereocenters. The first-order chi connectivity index (χ1) is 7.41. The number of amides is 1. The minimum absolute atomic E-state index is 0.185. The fraction of sp³-hybridized carbons (Fsp3) is 0.222. The Kier molecular flexibility index (Phi) is 3.94. The molecule has 0 saturated carbocycles. The van der Waals surface area contributed by atoms with E-state index in [4.69, 9.17) is 0 Å². The summed E-state index contributed by atoms with van der Waals surface area (Å²) in [5, 5.41) is 12.8. The average molecular weight is 291 g/mol. The zero-order valence-corrected chi connectivity index (χ0v) is 9.82. The summed E-state index contributed by atoms with van der Waals surface area (Å²) in [4.78, 5) is 20.4. The van der Waals surface area contributed by atoms with Crippen LogP contribution in [0.5, 0.6) is 0 Å². The van der Waals surface area contributed by atoms with E-state index in [9.17, 15) is 19.3 Å². The van der Waals surface area contributed by atoms with Crippen molar-refractivity contribution in [3.8, 4) is 0 Å². The lowest BCUT2D eigenvalue weighted by Crippen LogP contribution is -2.19. The Morgan fingerprint density at radius 1 is 1.62 bits per heavy atom. The molecule has 1 amide bonds. The molecule has 0 radical (unpaired) electrons. The van der Waals surface area contributed by atoms with Crippen LogP contribution in [0.1, 0.15) is 6.92 Å². The van der Waals surface area contributed by atoms with Gasteiger partial charge in [0.2, 0.25) is 11.7 Å². The van der Waals surface area contributed by atoms with Gasteiger partial charge in [0.1, 0.15) is 0 Å². The molecule has 0 fully saturated rings. The topological polar surface area (TPSA) is 72.2 Å². The van der Waals surface area contributed by atoms with Crippen molar-refractivity contribution >= 4 is 33.2 Å². The number of benzene rings is 1. The summed E-state index contributed by atoms with van der Waals surface area (Å²) in [5.74, 6) is -1.30. The molecular formula is C9H8BrFN2O3. The van der Waals surface area contributed by atoms with E-state index in [1.165, 1.54) is 6.07 Å². The second-order valence-corrected chi connectivity index (χ2v) is 4.40. The van der Waals surface area contributed by atoms with Gasteiger partial charge in [0.05, 0.1) is 9.75 Å². The maximum atomic E-state index is 13.0. The molecule has 1 N–H and O–H groups in total. The monoisotopic (exact) mass is 290 g/mol. The van der Waals surface area contributed by atoms with Crippen molar-refractivity contribution in [2.45, 2.75) is 11.8 Å². The normalized spacial score (nSPS) is 11.9. The molecule has 5 nitrogen and oxygen atoms in total. The molecule has 1 aromatic carbocycles. The fourth-order valence-electron chi connectivity index (χ4n) is 0.972.